The van der Waals surface area contributed by atoms with Crippen LogP contribution in [0.15, 0.2) is 0 Å². The zero-order valence-electron chi connectivity index (χ0n) is 11.4. The Bertz CT molecular complexity index is 195. The summed E-state index contributed by atoms with van der Waals surface area (Å²) in [5.41, 5.74) is 0. The molecule has 2 heteroatoms. The Balaban J connectivity index is 1.65. The highest BCUT2D eigenvalue weighted by atomic mass is 16.5. The molecule has 0 aliphatic heterocycles. The van der Waals surface area contributed by atoms with Gasteiger partial charge in [0, 0.05) is 12.6 Å². The van der Waals surface area contributed by atoms with E-state index in [1.165, 1.54) is 51.4 Å². The second-order valence-electron chi connectivity index (χ2n) is 5.90. The minimum atomic E-state index is 0.615. The van der Waals surface area contributed by atoms with E-state index in [2.05, 4.69) is 12.2 Å². The fourth-order valence-electron chi connectivity index (χ4n) is 3.52. The first-order valence-electron chi connectivity index (χ1n) is 7.71. The molecule has 0 aromatic rings. The van der Waals surface area contributed by atoms with Gasteiger partial charge in [0.25, 0.3) is 0 Å². The number of hydrogen-bond acceptors (Lipinski definition) is 2. The van der Waals surface area contributed by atoms with Crippen molar-refractivity contribution >= 4 is 0 Å². The number of ether oxygens (including phenoxy) is 1. The minimum absolute atomic E-state index is 0.615. The van der Waals surface area contributed by atoms with Crippen molar-refractivity contribution in [2.24, 2.45) is 11.8 Å². The number of rotatable bonds is 7. The van der Waals surface area contributed by atoms with Gasteiger partial charge >= 0.3 is 0 Å². The van der Waals surface area contributed by atoms with E-state index >= 15 is 0 Å². The van der Waals surface area contributed by atoms with Crippen LogP contribution in [0, 0.1) is 11.8 Å². The molecule has 0 radical (unpaired) electrons. The Labute approximate surface area is 107 Å². The van der Waals surface area contributed by atoms with Gasteiger partial charge in [-0.2, -0.15) is 0 Å². The van der Waals surface area contributed by atoms with E-state index in [4.69, 9.17) is 4.74 Å². The Morgan fingerprint density at radius 1 is 1.06 bits per heavy atom. The molecule has 2 rings (SSSR count). The lowest BCUT2D eigenvalue weighted by molar-refractivity contribution is 0.0695. The van der Waals surface area contributed by atoms with Crippen molar-refractivity contribution in [1.29, 1.82) is 0 Å². The van der Waals surface area contributed by atoms with Gasteiger partial charge in [0.05, 0.1) is 6.61 Å². The average Bonchev–Trinajstić information content (AvgIpc) is 3.01. The standard InChI is InChI=1S/C15H29NO/c1-2-16-15(14-9-5-6-10-14)12-17-11-13-7-3-4-8-13/h13-16H,2-12H2,1H3. The molecule has 17 heavy (non-hydrogen) atoms. The molecule has 0 amide bonds. The minimum Gasteiger partial charge on any atom is -0.380 e. The van der Waals surface area contributed by atoms with Crippen LogP contribution in [0.3, 0.4) is 0 Å². The summed E-state index contributed by atoms with van der Waals surface area (Å²) < 4.78 is 5.98. The van der Waals surface area contributed by atoms with E-state index in [0.29, 0.717) is 6.04 Å². The molecule has 0 heterocycles. The molecular formula is C15H29NO. The molecular weight excluding hydrogens is 210 g/mol. The van der Waals surface area contributed by atoms with Crippen LogP contribution in [-0.2, 0) is 4.74 Å². The van der Waals surface area contributed by atoms with Crippen molar-refractivity contribution in [2.75, 3.05) is 19.8 Å². The highest BCUT2D eigenvalue weighted by molar-refractivity contribution is 4.80. The summed E-state index contributed by atoms with van der Waals surface area (Å²) in [6.45, 7) is 5.23. The predicted octanol–water partition coefficient (Wildman–Crippen LogP) is 3.36. The molecule has 2 fully saturated rings. The van der Waals surface area contributed by atoms with E-state index in [-0.39, 0.29) is 0 Å². The molecule has 2 aliphatic rings. The molecule has 0 saturated heterocycles. The molecule has 2 saturated carbocycles. The molecule has 100 valence electrons. The van der Waals surface area contributed by atoms with Crippen LogP contribution in [0.1, 0.15) is 58.3 Å². The average molecular weight is 239 g/mol. The maximum absolute atomic E-state index is 5.98. The van der Waals surface area contributed by atoms with Crippen LogP contribution in [0.4, 0.5) is 0 Å². The zero-order valence-corrected chi connectivity index (χ0v) is 11.4. The molecule has 1 atom stereocenters. The highest BCUT2D eigenvalue weighted by Crippen LogP contribution is 2.28. The van der Waals surface area contributed by atoms with Gasteiger partial charge < -0.3 is 10.1 Å². The molecule has 1 unspecified atom stereocenters. The Hall–Kier alpha value is -0.0800. The van der Waals surface area contributed by atoms with E-state index in [9.17, 15) is 0 Å². The van der Waals surface area contributed by atoms with Crippen LogP contribution in [-0.4, -0.2) is 25.8 Å². The van der Waals surface area contributed by atoms with Crippen LogP contribution < -0.4 is 5.32 Å². The third kappa shape index (κ3) is 4.26. The third-order valence-electron chi connectivity index (χ3n) is 4.56. The van der Waals surface area contributed by atoms with Crippen LogP contribution in [0.5, 0.6) is 0 Å². The topological polar surface area (TPSA) is 21.3 Å². The SMILES string of the molecule is CCNC(COCC1CCCC1)C1CCCC1. The second-order valence-corrected chi connectivity index (χ2v) is 5.90. The molecule has 1 N–H and O–H groups in total. The van der Waals surface area contributed by atoms with Gasteiger partial charge in [0.2, 0.25) is 0 Å². The van der Waals surface area contributed by atoms with Crippen molar-refractivity contribution in [3.8, 4) is 0 Å². The fraction of sp³-hybridized carbons (Fsp3) is 1.00. The van der Waals surface area contributed by atoms with Crippen LogP contribution >= 0.6 is 0 Å². The number of hydrogen-bond donors (Lipinski definition) is 1. The van der Waals surface area contributed by atoms with Crippen LogP contribution in [0.2, 0.25) is 0 Å². The van der Waals surface area contributed by atoms with E-state index in [1.54, 1.807) is 0 Å². The zero-order chi connectivity index (χ0) is 11.9. The summed E-state index contributed by atoms with van der Waals surface area (Å²) in [5.74, 6) is 1.74. The molecule has 0 spiro atoms. The first kappa shape index (κ1) is 13.4. The van der Waals surface area contributed by atoms with Crippen molar-refractivity contribution < 1.29 is 4.74 Å². The molecule has 0 aromatic carbocycles. The van der Waals surface area contributed by atoms with Crippen molar-refractivity contribution in [2.45, 2.75) is 64.3 Å². The smallest absolute Gasteiger partial charge is 0.0622 e. The van der Waals surface area contributed by atoms with Gasteiger partial charge in [-0.25, -0.2) is 0 Å². The summed E-state index contributed by atoms with van der Waals surface area (Å²) in [6.07, 6.45) is 11.3. The lowest BCUT2D eigenvalue weighted by Gasteiger charge is -2.24. The lowest BCUT2D eigenvalue weighted by Crippen LogP contribution is -2.39. The summed E-state index contributed by atoms with van der Waals surface area (Å²) in [4.78, 5) is 0. The van der Waals surface area contributed by atoms with Crippen molar-refractivity contribution in [1.82, 2.24) is 5.32 Å². The summed E-state index contributed by atoms with van der Waals surface area (Å²) in [7, 11) is 0. The maximum atomic E-state index is 5.98. The van der Waals surface area contributed by atoms with E-state index < -0.39 is 0 Å². The van der Waals surface area contributed by atoms with Crippen molar-refractivity contribution in [3.63, 3.8) is 0 Å². The molecule has 0 bridgehead atoms. The van der Waals surface area contributed by atoms with E-state index in [1.807, 2.05) is 0 Å². The second kappa shape index (κ2) is 7.38. The highest BCUT2D eigenvalue weighted by Gasteiger charge is 2.25. The Kier molecular flexibility index (Phi) is 5.79. The normalized spacial score (nSPS) is 24.5. The summed E-state index contributed by atoms with van der Waals surface area (Å²) in [5, 5.41) is 3.62. The van der Waals surface area contributed by atoms with Gasteiger partial charge in [0.1, 0.15) is 0 Å². The van der Waals surface area contributed by atoms with E-state index in [0.717, 1.165) is 31.6 Å². The maximum Gasteiger partial charge on any atom is 0.0622 e. The van der Waals surface area contributed by atoms with Gasteiger partial charge in [0.15, 0.2) is 0 Å². The number of nitrogens with one attached hydrogen (secondary N) is 1. The van der Waals surface area contributed by atoms with Crippen molar-refractivity contribution in [3.05, 3.63) is 0 Å². The molecule has 2 nitrogen and oxygen atoms in total. The first-order chi connectivity index (χ1) is 8.40. The Morgan fingerprint density at radius 3 is 2.35 bits per heavy atom. The summed E-state index contributed by atoms with van der Waals surface area (Å²) >= 11 is 0. The Morgan fingerprint density at radius 2 is 1.71 bits per heavy atom. The quantitative estimate of drug-likeness (QED) is 0.735. The van der Waals surface area contributed by atoms with Gasteiger partial charge in [-0.15, -0.1) is 0 Å². The largest absolute Gasteiger partial charge is 0.380 e. The number of likely N-dealkylation sites (N-methyl/N-ethyl adjacent to an activating group) is 1. The van der Waals surface area contributed by atoms with Gasteiger partial charge in [-0.1, -0.05) is 32.6 Å². The summed E-state index contributed by atoms with van der Waals surface area (Å²) in [6, 6.07) is 0.615. The lowest BCUT2D eigenvalue weighted by atomic mass is 9.99. The third-order valence-corrected chi connectivity index (χ3v) is 4.56. The first-order valence-corrected chi connectivity index (χ1v) is 7.71. The van der Waals surface area contributed by atoms with Gasteiger partial charge in [-0.3, -0.25) is 0 Å². The monoisotopic (exact) mass is 239 g/mol. The fourth-order valence-corrected chi connectivity index (χ4v) is 3.52. The molecule has 0 aromatic heterocycles. The van der Waals surface area contributed by atoms with Crippen LogP contribution in [0.25, 0.3) is 0 Å². The van der Waals surface area contributed by atoms with Gasteiger partial charge in [-0.05, 0) is 44.1 Å². The predicted molar refractivity (Wildman–Crippen MR) is 72.2 cm³/mol. The molecule has 2 aliphatic carbocycles.